The lowest BCUT2D eigenvalue weighted by atomic mass is 9.82. The number of sulfonamides is 1. The molecule has 1 fully saturated rings. The maximum Gasteiger partial charge on any atom is 0.220 e. The number of hydrogen-bond donors (Lipinski definition) is 2. The molecule has 2 aromatic carbocycles. The van der Waals surface area contributed by atoms with Gasteiger partial charge in [0.1, 0.15) is 0 Å². The lowest BCUT2D eigenvalue weighted by Gasteiger charge is -2.34. The molecule has 1 aliphatic rings. The number of carbonyl (C=O) groups is 1. The molecule has 0 saturated carbocycles. The van der Waals surface area contributed by atoms with E-state index in [1.54, 1.807) is 6.92 Å². The Kier molecular flexibility index (Phi) is 5.44. The predicted octanol–water partition coefficient (Wildman–Crippen LogP) is 2.99. The van der Waals surface area contributed by atoms with Crippen LogP contribution in [0.5, 0.6) is 0 Å². The van der Waals surface area contributed by atoms with Gasteiger partial charge in [0.25, 0.3) is 0 Å². The average molecular weight is 372 g/mol. The van der Waals surface area contributed by atoms with Gasteiger partial charge in [-0.3, -0.25) is 4.79 Å². The molecular weight excluding hydrogens is 348 g/mol. The first-order valence-corrected chi connectivity index (χ1v) is 10.4. The van der Waals surface area contributed by atoms with Crippen LogP contribution in [0.2, 0.25) is 0 Å². The molecule has 1 unspecified atom stereocenters. The molecule has 0 radical (unpaired) electrons. The zero-order valence-electron chi connectivity index (χ0n) is 14.8. The van der Waals surface area contributed by atoms with Crippen LogP contribution in [-0.2, 0) is 14.8 Å². The van der Waals surface area contributed by atoms with Crippen LogP contribution in [-0.4, -0.2) is 19.6 Å². The summed E-state index contributed by atoms with van der Waals surface area (Å²) in [6, 6.07) is 18.0. The van der Waals surface area contributed by atoms with Crippen molar-refractivity contribution in [2.45, 2.75) is 37.5 Å². The van der Waals surface area contributed by atoms with Gasteiger partial charge in [-0.2, -0.15) is 0 Å². The molecule has 1 aliphatic heterocycles. The van der Waals surface area contributed by atoms with Crippen LogP contribution in [0.4, 0.5) is 0 Å². The molecule has 0 aliphatic carbocycles. The summed E-state index contributed by atoms with van der Waals surface area (Å²) in [5.41, 5.74) is 3.22. The molecule has 0 aromatic heterocycles. The Labute approximate surface area is 154 Å². The van der Waals surface area contributed by atoms with Crippen molar-refractivity contribution in [3.8, 4) is 11.1 Å². The van der Waals surface area contributed by atoms with Crippen molar-refractivity contribution in [1.29, 1.82) is 0 Å². The van der Waals surface area contributed by atoms with Crippen LogP contribution < -0.4 is 10.5 Å². The molecule has 26 heavy (non-hydrogen) atoms. The van der Waals surface area contributed by atoms with Crippen LogP contribution in [0.15, 0.2) is 54.6 Å². The second-order valence-corrected chi connectivity index (χ2v) is 8.95. The Morgan fingerprint density at radius 1 is 1.08 bits per heavy atom. The monoisotopic (exact) mass is 372 g/mol. The third-order valence-corrected chi connectivity index (χ3v) is 6.42. The normalized spacial score (nSPS) is 21.8. The van der Waals surface area contributed by atoms with Gasteiger partial charge in [0.2, 0.25) is 15.9 Å². The van der Waals surface area contributed by atoms with Gasteiger partial charge in [-0.25, -0.2) is 13.6 Å². The molecule has 1 saturated heterocycles. The number of nitrogens with one attached hydrogen (secondary N) is 1. The van der Waals surface area contributed by atoms with Crippen LogP contribution in [0.1, 0.15) is 37.8 Å². The predicted molar refractivity (Wildman–Crippen MR) is 103 cm³/mol. The summed E-state index contributed by atoms with van der Waals surface area (Å²) in [6.45, 7) is 1.63. The molecule has 1 amide bonds. The van der Waals surface area contributed by atoms with E-state index in [2.05, 4.69) is 5.32 Å². The number of hydrogen-bond acceptors (Lipinski definition) is 3. The summed E-state index contributed by atoms with van der Waals surface area (Å²) in [6.07, 6.45) is 1.52. The molecule has 5 nitrogen and oxygen atoms in total. The van der Waals surface area contributed by atoms with Gasteiger partial charge in [-0.1, -0.05) is 54.6 Å². The summed E-state index contributed by atoms with van der Waals surface area (Å²) in [4.78, 5) is 11.9. The number of benzene rings is 2. The van der Waals surface area contributed by atoms with Crippen LogP contribution in [0.3, 0.4) is 0 Å². The Morgan fingerprint density at radius 3 is 2.31 bits per heavy atom. The van der Waals surface area contributed by atoms with Gasteiger partial charge in [0, 0.05) is 6.42 Å². The lowest BCUT2D eigenvalue weighted by Crippen LogP contribution is -2.40. The summed E-state index contributed by atoms with van der Waals surface area (Å²) >= 11 is 0. The van der Waals surface area contributed by atoms with Gasteiger partial charge in [0.05, 0.1) is 11.3 Å². The van der Waals surface area contributed by atoms with E-state index in [1.165, 1.54) is 0 Å². The number of amides is 1. The van der Waals surface area contributed by atoms with E-state index in [-0.39, 0.29) is 17.9 Å². The molecule has 3 atom stereocenters. The maximum absolute atomic E-state index is 11.9. The molecular formula is C20H24N2O3S. The Morgan fingerprint density at radius 2 is 1.69 bits per heavy atom. The van der Waals surface area contributed by atoms with Crippen LogP contribution in [0.25, 0.3) is 11.1 Å². The van der Waals surface area contributed by atoms with Crippen molar-refractivity contribution in [2.24, 2.45) is 11.1 Å². The summed E-state index contributed by atoms with van der Waals surface area (Å²) in [7, 11) is -3.58. The van der Waals surface area contributed by atoms with E-state index in [0.29, 0.717) is 19.3 Å². The summed E-state index contributed by atoms with van der Waals surface area (Å²) in [5, 5.41) is 7.67. The number of piperidine rings is 1. The van der Waals surface area contributed by atoms with Crippen molar-refractivity contribution in [1.82, 2.24) is 5.32 Å². The highest BCUT2D eigenvalue weighted by Crippen LogP contribution is 2.34. The van der Waals surface area contributed by atoms with E-state index >= 15 is 0 Å². The third kappa shape index (κ3) is 4.31. The lowest BCUT2D eigenvalue weighted by molar-refractivity contribution is -0.124. The SMILES string of the molecule is CC(C[C@H]1CCC(=O)N[C@@H]1c1ccc(-c2ccccc2)cc1)S(N)(=O)=O. The fraction of sp³-hybridized carbons (Fsp3) is 0.350. The minimum atomic E-state index is -3.58. The molecule has 3 rings (SSSR count). The molecule has 3 N–H and O–H groups in total. The van der Waals surface area contributed by atoms with Gasteiger partial charge >= 0.3 is 0 Å². The number of primary sulfonamides is 1. The number of carbonyl (C=O) groups excluding carboxylic acids is 1. The first kappa shape index (κ1) is 18.6. The zero-order chi connectivity index (χ0) is 18.7. The fourth-order valence-electron chi connectivity index (χ4n) is 3.53. The van der Waals surface area contributed by atoms with Crippen molar-refractivity contribution in [3.05, 3.63) is 60.2 Å². The molecule has 0 spiro atoms. The quantitative estimate of drug-likeness (QED) is 0.845. The largest absolute Gasteiger partial charge is 0.349 e. The van der Waals surface area contributed by atoms with E-state index in [1.807, 2.05) is 54.6 Å². The van der Waals surface area contributed by atoms with E-state index < -0.39 is 15.3 Å². The fourth-order valence-corrected chi connectivity index (χ4v) is 4.05. The van der Waals surface area contributed by atoms with Crippen molar-refractivity contribution >= 4 is 15.9 Å². The van der Waals surface area contributed by atoms with Crippen LogP contribution >= 0.6 is 0 Å². The van der Waals surface area contributed by atoms with Crippen LogP contribution in [0, 0.1) is 5.92 Å². The van der Waals surface area contributed by atoms with Crippen molar-refractivity contribution in [2.75, 3.05) is 0 Å². The summed E-state index contributed by atoms with van der Waals surface area (Å²) in [5.74, 6) is 0.0465. The molecule has 2 aromatic rings. The topological polar surface area (TPSA) is 89.3 Å². The van der Waals surface area contributed by atoms with E-state index in [0.717, 1.165) is 16.7 Å². The average Bonchev–Trinajstić information content (AvgIpc) is 2.63. The highest BCUT2D eigenvalue weighted by atomic mass is 32.2. The van der Waals surface area contributed by atoms with E-state index in [9.17, 15) is 13.2 Å². The zero-order valence-corrected chi connectivity index (χ0v) is 15.6. The highest BCUT2D eigenvalue weighted by molar-refractivity contribution is 7.89. The second-order valence-electron chi connectivity index (χ2n) is 6.97. The highest BCUT2D eigenvalue weighted by Gasteiger charge is 2.33. The van der Waals surface area contributed by atoms with E-state index in [4.69, 9.17) is 5.14 Å². The summed E-state index contributed by atoms with van der Waals surface area (Å²) < 4.78 is 23.2. The van der Waals surface area contributed by atoms with Crippen molar-refractivity contribution < 1.29 is 13.2 Å². The van der Waals surface area contributed by atoms with Gasteiger partial charge in [-0.15, -0.1) is 0 Å². The number of rotatable bonds is 5. The molecule has 0 bridgehead atoms. The smallest absolute Gasteiger partial charge is 0.220 e. The molecule has 138 valence electrons. The Hall–Kier alpha value is -2.18. The minimum absolute atomic E-state index is 0.00152. The molecule has 1 heterocycles. The maximum atomic E-state index is 11.9. The third-order valence-electron chi connectivity index (χ3n) is 5.10. The number of nitrogens with two attached hydrogens (primary N) is 1. The standard InChI is InChI=1S/C20H24N2O3S/c1-14(26(21,24)25)13-18-11-12-19(23)22-20(18)17-9-7-16(8-10-17)15-5-3-2-4-6-15/h2-10,14,18,20H,11-13H2,1H3,(H,22,23)(H2,21,24,25)/t14?,18-,20-/m1/s1. The van der Waals surface area contributed by atoms with Gasteiger partial charge in [0.15, 0.2) is 0 Å². The first-order valence-electron chi connectivity index (χ1n) is 8.81. The van der Waals surface area contributed by atoms with Crippen molar-refractivity contribution in [3.63, 3.8) is 0 Å². The minimum Gasteiger partial charge on any atom is -0.349 e. The Balaban J connectivity index is 1.83. The van der Waals surface area contributed by atoms with Gasteiger partial charge < -0.3 is 5.32 Å². The van der Waals surface area contributed by atoms with Gasteiger partial charge in [-0.05, 0) is 42.4 Å². The second kappa shape index (κ2) is 7.60. The molecule has 6 heteroatoms. The Bertz CT molecular complexity index is 864. The first-order chi connectivity index (χ1) is 12.3.